The summed E-state index contributed by atoms with van der Waals surface area (Å²) in [7, 11) is 0. The van der Waals surface area contributed by atoms with Crippen LogP contribution in [0.2, 0.25) is 0 Å². The Hall–Kier alpha value is -0.680. The summed E-state index contributed by atoms with van der Waals surface area (Å²) in [5, 5.41) is 13.4. The van der Waals surface area contributed by atoms with E-state index in [1.54, 1.807) is 13.8 Å². The zero-order valence-electron chi connectivity index (χ0n) is 11.7. The molecule has 0 bridgehead atoms. The molecule has 0 aliphatic heterocycles. The highest BCUT2D eigenvalue weighted by Crippen LogP contribution is 2.26. The van der Waals surface area contributed by atoms with Gasteiger partial charge in [0, 0.05) is 12.5 Å². The van der Waals surface area contributed by atoms with Crippen molar-refractivity contribution in [3.8, 4) is 0 Å². The number of aliphatic hydroxyl groups is 1. The Bertz CT molecular complexity index is 413. The van der Waals surface area contributed by atoms with Crippen molar-refractivity contribution in [2.45, 2.75) is 58.6 Å². The van der Waals surface area contributed by atoms with E-state index in [1.165, 1.54) is 0 Å². The summed E-state index contributed by atoms with van der Waals surface area (Å²) in [5.74, 6) is 1.54. The van der Waals surface area contributed by atoms with Gasteiger partial charge in [-0.2, -0.15) is 0 Å². The van der Waals surface area contributed by atoms with Crippen molar-refractivity contribution in [2.24, 2.45) is 0 Å². The van der Waals surface area contributed by atoms with Crippen LogP contribution in [0.25, 0.3) is 0 Å². The highest BCUT2D eigenvalue weighted by Gasteiger charge is 2.35. The summed E-state index contributed by atoms with van der Waals surface area (Å²) in [6.07, 6.45) is 1.85. The third-order valence-corrected chi connectivity index (χ3v) is 3.59. The molecule has 5 heteroatoms. The largest absolute Gasteiger partial charge is 0.388 e. The molecule has 0 aliphatic carbocycles. The molecule has 0 aromatic carbocycles. The first-order valence-corrected chi connectivity index (χ1v) is 6.99. The second-order valence-corrected chi connectivity index (χ2v) is 6.36. The number of nitrogens with one attached hydrogen (secondary N) is 1. The maximum atomic E-state index is 10.1. The molecule has 0 radical (unpaired) electrons. The summed E-state index contributed by atoms with van der Waals surface area (Å²) >= 11 is 3.39. The fourth-order valence-corrected chi connectivity index (χ4v) is 1.76. The van der Waals surface area contributed by atoms with E-state index in [0.29, 0.717) is 0 Å². The molecule has 0 unspecified atom stereocenters. The van der Waals surface area contributed by atoms with Gasteiger partial charge in [0.15, 0.2) is 0 Å². The molecule has 0 saturated heterocycles. The fraction of sp³-hybridized carbons (Fsp3) is 0.692. The van der Waals surface area contributed by atoms with Gasteiger partial charge < -0.3 is 10.4 Å². The van der Waals surface area contributed by atoms with E-state index in [-0.39, 0.29) is 0 Å². The molecule has 1 aromatic rings. The second-order valence-electron chi connectivity index (χ2n) is 5.55. The summed E-state index contributed by atoms with van der Waals surface area (Å²) < 4.78 is 0.759. The van der Waals surface area contributed by atoms with Gasteiger partial charge in [-0.25, -0.2) is 9.97 Å². The van der Waals surface area contributed by atoms with Crippen molar-refractivity contribution in [2.75, 3.05) is 5.32 Å². The smallest absolute Gasteiger partial charge is 0.132 e. The quantitative estimate of drug-likeness (QED) is 0.819. The molecule has 0 spiro atoms. The molecule has 2 N–H and O–H groups in total. The van der Waals surface area contributed by atoms with Gasteiger partial charge in [0.2, 0.25) is 0 Å². The van der Waals surface area contributed by atoms with Crippen LogP contribution in [0, 0.1) is 0 Å². The average molecular weight is 316 g/mol. The van der Waals surface area contributed by atoms with E-state index in [4.69, 9.17) is 0 Å². The Morgan fingerprint density at radius 1 is 1.28 bits per heavy atom. The SMILES string of the molecule is CCCc1nc(Br)cc(NC(C)(C)C(C)(C)O)n1. The van der Waals surface area contributed by atoms with Gasteiger partial charge >= 0.3 is 0 Å². The summed E-state index contributed by atoms with van der Waals surface area (Å²) in [5.41, 5.74) is -1.33. The topological polar surface area (TPSA) is 58.0 Å². The second kappa shape index (κ2) is 5.53. The normalized spacial score (nSPS) is 12.6. The number of hydrogen-bond acceptors (Lipinski definition) is 4. The number of aryl methyl sites for hydroxylation is 1. The lowest BCUT2D eigenvalue weighted by Gasteiger charge is -2.38. The van der Waals surface area contributed by atoms with Gasteiger partial charge in [-0.15, -0.1) is 0 Å². The van der Waals surface area contributed by atoms with Crippen molar-refractivity contribution >= 4 is 21.7 Å². The van der Waals surface area contributed by atoms with Crippen LogP contribution in [0.4, 0.5) is 5.82 Å². The monoisotopic (exact) mass is 315 g/mol. The maximum Gasteiger partial charge on any atom is 0.132 e. The molecule has 0 amide bonds. The molecule has 1 heterocycles. The Balaban J connectivity index is 2.97. The first-order chi connectivity index (χ1) is 8.15. The van der Waals surface area contributed by atoms with Crippen molar-refractivity contribution in [3.05, 3.63) is 16.5 Å². The summed E-state index contributed by atoms with van der Waals surface area (Å²) in [6, 6.07) is 1.83. The maximum absolute atomic E-state index is 10.1. The van der Waals surface area contributed by atoms with Crippen LogP contribution in [0.3, 0.4) is 0 Å². The minimum absolute atomic E-state index is 0.482. The molecule has 4 nitrogen and oxygen atoms in total. The minimum Gasteiger partial charge on any atom is -0.388 e. The standard InChI is InChI=1S/C13H22BrN3O/c1-6-7-10-15-9(14)8-11(16-10)17-12(2,3)13(4,5)18/h8,18H,6-7H2,1-5H3,(H,15,16,17). The molecule has 1 rings (SSSR count). The molecular weight excluding hydrogens is 294 g/mol. The zero-order chi connectivity index (χ0) is 14.0. The molecular formula is C13H22BrN3O. The van der Waals surface area contributed by atoms with E-state index >= 15 is 0 Å². The Morgan fingerprint density at radius 2 is 1.89 bits per heavy atom. The minimum atomic E-state index is -0.852. The van der Waals surface area contributed by atoms with Gasteiger partial charge in [-0.3, -0.25) is 0 Å². The highest BCUT2D eigenvalue weighted by molar-refractivity contribution is 9.10. The zero-order valence-corrected chi connectivity index (χ0v) is 13.3. The molecule has 0 atom stereocenters. The summed E-state index contributed by atoms with van der Waals surface area (Å²) in [6.45, 7) is 9.55. The molecule has 102 valence electrons. The van der Waals surface area contributed by atoms with Gasteiger partial charge in [0.25, 0.3) is 0 Å². The van der Waals surface area contributed by atoms with E-state index in [9.17, 15) is 5.11 Å². The van der Waals surface area contributed by atoms with Crippen molar-refractivity contribution in [1.82, 2.24) is 9.97 Å². The van der Waals surface area contributed by atoms with Gasteiger partial charge in [-0.1, -0.05) is 6.92 Å². The first kappa shape index (κ1) is 15.4. The molecule has 1 aromatic heterocycles. The van der Waals surface area contributed by atoms with Crippen molar-refractivity contribution in [3.63, 3.8) is 0 Å². The van der Waals surface area contributed by atoms with Gasteiger partial charge in [-0.05, 0) is 50.0 Å². The van der Waals surface area contributed by atoms with E-state index in [0.717, 1.165) is 29.1 Å². The third-order valence-electron chi connectivity index (χ3n) is 3.18. The predicted octanol–water partition coefficient (Wildman–Crippen LogP) is 3.15. The van der Waals surface area contributed by atoms with Crippen LogP contribution >= 0.6 is 15.9 Å². The van der Waals surface area contributed by atoms with Crippen LogP contribution in [0.1, 0.15) is 46.9 Å². The van der Waals surface area contributed by atoms with Gasteiger partial charge in [0.1, 0.15) is 16.2 Å². The number of aromatic nitrogens is 2. The molecule has 0 fully saturated rings. The van der Waals surface area contributed by atoms with E-state index in [1.807, 2.05) is 19.9 Å². The van der Waals surface area contributed by atoms with Crippen molar-refractivity contribution < 1.29 is 5.11 Å². The lowest BCUT2D eigenvalue weighted by atomic mass is 9.86. The predicted molar refractivity (Wildman–Crippen MR) is 77.7 cm³/mol. The number of anilines is 1. The van der Waals surface area contributed by atoms with E-state index < -0.39 is 11.1 Å². The lowest BCUT2D eigenvalue weighted by molar-refractivity contribution is 0.0238. The molecule has 0 aliphatic rings. The lowest BCUT2D eigenvalue weighted by Crippen LogP contribution is -2.51. The Kier molecular flexibility index (Phi) is 4.72. The third kappa shape index (κ3) is 3.92. The van der Waals surface area contributed by atoms with E-state index in [2.05, 4.69) is 38.1 Å². The number of rotatable bonds is 5. The van der Waals surface area contributed by atoms with Crippen LogP contribution in [0.15, 0.2) is 10.7 Å². The number of hydrogen-bond donors (Lipinski definition) is 2. The van der Waals surface area contributed by atoms with Crippen LogP contribution in [-0.2, 0) is 6.42 Å². The van der Waals surface area contributed by atoms with Gasteiger partial charge in [0.05, 0.1) is 11.1 Å². The average Bonchev–Trinajstić information content (AvgIpc) is 2.13. The number of nitrogens with zero attached hydrogens (tertiary/aromatic N) is 2. The van der Waals surface area contributed by atoms with Crippen LogP contribution < -0.4 is 5.32 Å². The highest BCUT2D eigenvalue weighted by atomic mass is 79.9. The molecule has 18 heavy (non-hydrogen) atoms. The Labute approximate surface area is 117 Å². The first-order valence-electron chi connectivity index (χ1n) is 6.20. The van der Waals surface area contributed by atoms with Crippen molar-refractivity contribution in [1.29, 1.82) is 0 Å². The number of halogens is 1. The fourth-order valence-electron chi connectivity index (χ4n) is 1.34. The summed E-state index contributed by atoms with van der Waals surface area (Å²) in [4.78, 5) is 8.78. The van der Waals surface area contributed by atoms with Crippen LogP contribution in [0.5, 0.6) is 0 Å². The Morgan fingerprint density at radius 3 is 2.39 bits per heavy atom. The molecule has 0 saturated carbocycles. The van der Waals surface area contributed by atoms with Crippen LogP contribution in [-0.4, -0.2) is 26.2 Å².